The molecule has 10 nitrogen and oxygen atoms in total. The van der Waals surface area contributed by atoms with Crippen molar-refractivity contribution in [2.45, 2.75) is 44.4 Å². The van der Waals surface area contributed by atoms with E-state index in [4.69, 9.17) is 10.5 Å². The minimum absolute atomic E-state index is 0.130. The number of hydrogen-bond donors (Lipinski definition) is 3. The van der Waals surface area contributed by atoms with Gasteiger partial charge in [-0.25, -0.2) is 9.97 Å². The van der Waals surface area contributed by atoms with Crippen LogP contribution in [0.5, 0.6) is 11.8 Å². The summed E-state index contributed by atoms with van der Waals surface area (Å²) in [6.07, 6.45) is 2.45. The van der Waals surface area contributed by atoms with Crippen molar-refractivity contribution < 1.29 is 22.6 Å². The molecule has 1 fully saturated rings. The molecule has 4 heterocycles. The molecule has 0 amide bonds. The summed E-state index contributed by atoms with van der Waals surface area (Å²) in [5.41, 5.74) is 7.45. The number of alkyl halides is 3. The molecular weight excluding hydrogens is 477 g/mol. The van der Waals surface area contributed by atoms with Crippen molar-refractivity contribution in [2.75, 3.05) is 35.6 Å². The Balaban J connectivity index is 1.06. The van der Waals surface area contributed by atoms with Crippen molar-refractivity contribution in [1.82, 2.24) is 24.8 Å². The van der Waals surface area contributed by atoms with E-state index in [1.54, 1.807) is 18.3 Å². The highest BCUT2D eigenvalue weighted by Crippen LogP contribution is 2.25. The zero-order valence-electron chi connectivity index (χ0n) is 19.4. The van der Waals surface area contributed by atoms with Crippen LogP contribution in [0.1, 0.15) is 18.4 Å². The van der Waals surface area contributed by atoms with Crippen LogP contribution in [-0.4, -0.2) is 57.7 Å². The SMILES string of the molecule is Nc1cn2c(n1)OC[C@@H](NCc1cnc(N3CCC(Nc4ccc(OC(F)(F)F)cc4)CC3)nc1)C2. The normalized spacial score (nSPS) is 18.4. The highest BCUT2D eigenvalue weighted by atomic mass is 19.4. The number of benzene rings is 1. The van der Waals surface area contributed by atoms with Gasteiger partial charge in [-0.05, 0) is 37.1 Å². The second-order valence-corrected chi connectivity index (χ2v) is 8.86. The van der Waals surface area contributed by atoms with Crippen molar-refractivity contribution >= 4 is 17.5 Å². The third-order valence-corrected chi connectivity index (χ3v) is 6.11. The van der Waals surface area contributed by atoms with E-state index in [0.717, 1.165) is 43.7 Å². The van der Waals surface area contributed by atoms with Gasteiger partial charge in [0.2, 0.25) is 5.95 Å². The van der Waals surface area contributed by atoms with Crippen molar-refractivity contribution in [2.24, 2.45) is 0 Å². The first-order valence-electron chi connectivity index (χ1n) is 11.7. The van der Waals surface area contributed by atoms with Crippen LogP contribution in [0, 0.1) is 0 Å². The topological polar surface area (TPSA) is 115 Å². The van der Waals surface area contributed by atoms with Gasteiger partial charge in [0.25, 0.3) is 6.01 Å². The van der Waals surface area contributed by atoms with E-state index in [2.05, 4.69) is 35.2 Å². The number of nitrogen functional groups attached to an aromatic ring is 1. The summed E-state index contributed by atoms with van der Waals surface area (Å²) >= 11 is 0. The number of rotatable bonds is 7. The number of imidazole rings is 1. The minimum Gasteiger partial charge on any atom is -0.463 e. The molecule has 2 aromatic heterocycles. The molecule has 0 saturated carbocycles. The van der Waals surface area contributed by atoms with Gasteiger partial charge in [0, 0.05) is 55.9 Å². The Labute approximate surface area is 205 Å². The zero-order valence-corrected chi connectivity index (χ0v) is 19.4. The van der Waals surface area contributed by atoms with E-state index in [1.165, 1.54) is 12.1 Å². The molecule has 2 aliphatic rings. The Bertz CT molecular complexity index is 1150. The summed E-state index contributed by atoms with van der Waals surface area (Å²) in [6.45, 7) is 3.42. The van der Waals surface area contributed by atoms with Crippen LogP contribution in [0.4, 0.5) is 30.6 Å². The van der Waals surface area contributed by atoms with E-state index in [9.17, 15) is 13.2 Å². The number of halogens is 3. The van der Waals surface area contributed by atoms with Gasteiger partial charge in [-0.1, -0.05) is 0 Å². The molecule has 3 aromatic rings. The molecule has 192 valence electrons. The summed E-state index contributed by atoms with van der Waals surface area (Å²) in [4.78, 5) is 15.3. The molecule has 0 unspecified atom stereocenters. The van der Waals surface area contributed by atoms with Crippen LogP contribution in [0.15, 0.2) is 42.9 Å². The zero-order chi connectivity index (χ0) is 25.1. The second-order valence-electron chi connectivity index (χ2n) is 8.86. The number of anilines is 3. The van der Waals surface area contributed by atoms with E-state index in [0.29, 0.717) is 30.9 Å². The van der Waals surface area contributed by atoms with Crippen LogP contribution in [-0.2, 0) is 13.1 Å². The molecular formula is C23H27F3N8O2. The molecule has 13 heteroatoms. The molecule has 2 aliphatic heterocycles. The number of ether oxygens (including phenoxy) is 2. The van der Waals surface area contributed by atoms with Crippen molar-refractivity contribution in [3.05, 3.63) is 48.4 Å². The van der Waals surface area contributed by atoms with E-state index in [1.807, 2.05) is 17.0 Å². The number of nitrogens with one attached hydrogen (secondary N) is 2. The van der Waals surface area contributed by atoms with Gasteiger partial charge in [-0.15, -0.1) is 13.2 Å². The maximum absolute atomic E-state index is 12.3. The third-order valence-electron chi connectivity index (χ3n) is 6.11. The van der Waals surface area contributed by atoms with Gasteiger partial charge in [0.15, 0.2) is 0 Å². The molecule has 0 bridgehead atoms. The molecule has 1 aromatic carbocycles. The average molecular weight is 505 g/mol. The van der Waals surface area contributed by atoms with Gasteiger partial charge in [-0.3, -0.25) is 4.57 Å². The maximum Gasteiger partial charge on any atom is 0.573 e. The quantitative estimate of drug-likeness (QED) is 0.447. The molecule has 1 atom stereocenters. The molecule has 0 spiro atoms. The molecule has 5 rings (SSSR count). The number of nitrogens with two attached hydrogens (primary N) is 1. The predicted octanol–water partition coefficient (Wildman–Crippen LogP) is 2.79. The molecule has 0 radical (unpaired) electrons. The second kappa shape index (κ2) is 10.1. The Hall–Kier alpha value is -3.74. The fourth-order valence-corrected chi connectivity index (χ4v) is 4.33. The summed E-state index contributed by atoms with van der Waals surface area (Å²) in [7, 11) is 0. The monoisotopic (exact) mass is 504 g/mol. The lowest BCUT2D eigenvalue weighted by atomic mass is 10.0. The van der Waals surface area contributed by atoms with Gasteiger partial charge in [0.1, 0.15) is 18.2 Å². The van der Waals surface area contributed by atoms with E-state index in [-0.39, 0.29) is 17.8 Å². The van der Waals surface area contributed by atoms with Crippen molar-refractivity contribution in [3.63, 3.8) is 0 Å². The Morgan fingerprint density at radius 2 is 1.81 bits per heavy atom. The van der Waals surface area contributed by atoms with E-state index < -0.39 is 6.36 Å². The first-order chi connectivity index (χ1) is 17.3. The number of piperidine rings is 1. The van der Waals surface area contributed by atoms with Crippen LogP contribution in [0.25, 0.3) is 0 Å². The molecule has 4 N–H and O–H groups in total. The molecule has 0 aliphatic carbocycles. The summed E-state index contributed by atoms with van der Waals surface area (Å²) in [5, 5.41) is 6.82. The van der Waals surface area contributed by atoms with Gasteiger partial charge < -0.3 is 30.7 Å². The van der Waals surface area contributed by atoms with Crippen molar-refractivity contribution in [1.29, 1.82) is 0 Å². The fraction of sp³-hybridized carbons (Fsp3) is 0.435. The predicted molar refractivity (Wildman–Crippen MR) is 127 cm³/mol. The smallest absolute Gasteiger partial charge is 0.463 e. The molecule has 1 saturated heterocycles. The van der Waals surface area contributed by atoms with Crippen LogP contribution < -0.4 is 30.7 Å². The Morgan fingerprint density at radius 1 is 1.08 bits per heavy atom. The first-order valence-corrected chi connectivity index (χ1v) is 11.7. The van der Waals surface area contributed by atoms with Gasteiger partial charge >= 0.3 is 6.36 Å². The third kappa shape index (κ3) is 6.08. The fourth-order valence-electron chi connectivity index (χ4n) is 4.33. The van der Waals surface area contributed by atoms with Crippen LogP contribution in [0.2, 0.25) is 0 Å². The highest BCUT2D eigenvalue weighted by Gasteiger charge is 2.31. The number of nitrogens with zero attached hydrogens (tertiary/aromatic N) is 5. The highest BCUT2D eigenvalue weighted by molar-refractivity contribution is 5.47. The lowest BCUT2D eigenvalue weighted by Crippen LogP contribution is -2.41. The average Bonchev–Trinajstić information content (AvgIpc) is 3.23. The minimum atomic E-state index is -4.69. The van der Waals surface area contributed by atoms with Crippen LogP contribution >= 0.6 is 0 Å². The van der Waals surface area contributed by atoms with Crippen LogP contribution in [0.3, 0.4) is 0 Å². The van der Waals surface area contributed by atoms with Gasteiger partial charge in [-0.2, -0.15) is 4.98 Å². The lowest BCUT2D eigenvalue weighted by molar-refractivity contribution is -0.274. The summed E-state index contributed by atoms with van der Waals surface area (Å²) in [6, 6.07) is 6.68. The molecule has 36 heavy (non-hydrogen) atoms. The number of hydrogen-bond acceptors (Lipinski definition) is 9. The summed E-state index contributed by atoms with van der Waals surface area (Å²) in [5.74, 6) is 0.900. The lowest BCUT2D eigenvalue weighted by Gasteiger charge is -2.33. The van der Waals surface area contributed by atoms with Gasteiger partial charge in [0.05, 0.1) is 12.2 Å². The largest absolute Gasteiger partial charge is 0.573 e. The first kappa shape index (κ1) is 24.0. The Morgan fingerprint density at radius 3 is 2.50 bits per heavy atom. The number of fused-ring (bicyclic) bond motifs is 1. The van der Waals surface area contributed by atoms with E-state index >= 15 is 0 Å². The van der Waals surface area contributed by atoms with Crippen molar-refractivity contribution in [3.8, 4) is 11.8 Å². The maximum atomic E-state index is 12.3. The summed E-state index contributed by atoms with van der Waals surface area (Å²) < 4.78 is 48.4. The Kier molecular flexibility index (Phi) is 6.72. The number of aromatic nitrogens is 4. The standard InChI is InChI=1S/C23H27F3N8O2/c24-23(25,26)36-19-3-1-16(2-4-19)31-17-5-7-33(8-6-17)21-29-10-15(11-30-21)9-28-18-12-34-13-20(27)32-22(34)35-14-18/h1-4,10-11,13,17-18,28,31H,5-9,12,14,27H2/t18-/m0/s1.